The molecule has 3 rings (SSSR count). The van der Waals surface area contributed by atoms with E-state index < -0.39 is 0 Å². The number of hydrogen-bond acceptors (Lipinski definition) is 2. The van der Waals surface area contributed by atoms with Crippen LogP contribution in [-0.4, -0.2) is 5.78 Å². The van der Waals surface area contributed by atoms with Gasteiger partial charge in [0.1, 0.15) is 11.5 Å². The predicted molar refractivity (Wildman–Crippen MR) is 92.2 cm³/mol. The summed E-state index contributed by atoms with van der Waals surface area (Å²) in [6.07, 6.45) is 0.844. The van der Waals surface area contributed by atoms with Crippen LogP contribution >= 0.6 is 0 Å². The first-order valence-electron chi connectivity index (χ1n) is 7.73. The molecule has 0 amide bonds. The second-order valence-corrected chi connectivity index (χ2v) is 5.28. The van der Waals surface area contributed by atoms with Gasteiger partial charge in [0.2, 0.25) is 0 Å². The third-order valence-electron chi connectivity index (χ3n) is 3.74. The lowest BCUT2D eigenvalue weighted by molar-refractivity contribution is 0.103. The second-order valence-electron chi connectivity index (χ2n) is 5.28. The van der Waals surface area contributed by atoms with Crippen molar-refractivity contribution in [1.29, 1.82) is 0 Å². The molecule has 0 heterocycles. The van der Waals surface area contributed by atoms with Gasteiger partial charge in [0.05, 0.1) is 0 Å². The van der Waals surface area contributed by atoms with Crippen molar-refractivity contribution in [2.45, 2.75) is 13.3 Å². The fraction of sp³-hybridized carbons (Fsp3) is 0.0952. The van der Waals surface area contributed by atoms with Crippen LogP contribution in [-0.2, 0) is 6.42 Å². The number of benzene rings is 3. The number of hydrogen-bond donors (Lipinski definition) is 0. The lowest BCUT2D eigenvalue weighted by atomic mass is 9.97. The van der Waals surface area contributed by atoms with E-state index in [-0.39, 0.29) is 5.78 Å². The van der Waals surface area contributed by atoms with Gasteiger partial charge in [0.15, 0.2) is 5.78 Å². The molecular weight excluding hydrogens is 284 g/mol. The summed E-state index contributed by atoms with van der Waals surface area (Å²) >= 11 is 0. The molecule has 0 aliphatic rings. The molecule has 0 bridgehead atoms. The van der Waals surface area contributed by atoms with E-state index in [1.54, 1.807) is 0 Å². The van der Waals surface area contributed by atoms with E-state index in [2.05, 4.69) is 6.92 Å². The zero-order chi connectivity index (χ0) is 16.1. The van der Waals surface area contributed by atoms with Crippen LogP contribution in [0.5, 0.6) is 11.5 Å². The fourth-order valence-electron chi connectivity index (χ4n) is 2.50. The Hall–Kier alpha value is -2.87. The van der Waals surface area contributed by atoms with Crippen LogP contribution < -0.4 is 4.74 Å². The van der Waals surface area contributed by atoms with Crippen molar-refractivity contribution < 1.29 is 9.53 Å². The number of para-hydroxylation sites is 1. The second kappa shape index (κ2) is 6.93. The minimum absolute atomic E-state index is 0.0497. The van der Waals surface area contributed by atoms with Gasteiger partial charge < -0.3 is 4.74 Å². The molecule has 2 nitrogen and oxygen atoms in total. The van der Waals surface area contributed by atoms with Crippen molar-refractivity contribution in [2.24, 2.45) is 0 Å². The Morgan fingerprint density at radius 3 is 2.09 bits per heavy atom. The summed E-state index contributed by atoms with van der Waals surface area (Å²) < 4.78 is 5.75. The van der Waals surface area contributed by atoms with E-state index in [1.165, 1.54) is 0 Å². The summed E-state index contributed by atoms with van der Waals surface area (Å²) in [5, 5.41) is 0. The van der Waals surface area contributed by atoms with Crippen LogP contribution in [0, 0.1) is 0 Å². The minimum atomic E-state index is 0.0497. The molecule has 114 valence electrons. The van der Waals surface area contributed by atoms with Gasteiger partial charge in [-0.1, -0.05) is 49.4 Å². The first-order valence-corrected chi connectivity index (χ1v) is 7.73. The van der Waals surface area contributed by atoms with Crippen LogP contribution in [0.15, 0.2) is 78.9 Å². The van der Waals surface area contributed by atoms with Gasteiger partial charge in [-0.3, -0.25) is 4.79 Å². The maximum Gasteiger partial charge on any atom is 0.193 e. The summed E-state index contributed by atoms with van der Waals surface area (Å²) in [7, 11) is 0. The van der Waals surface area contributed by atoms with Crippen LogP contribution in [0.1, 0.15) is 28.4 Å². The van der Waals surface area contributed by atoms with Gasteiger partial charge in [0.25, 0.3) is 0 Å². The van der Waals surface area contributed by atoms with Crippen LogP contribution in [0.3, 0.4) is 0 Å². The minimum Gasteiger partial charge on any atom is -0.457 e. The molecule has 0 unspecified atom stereocenters. The molecule has 23 heavy (non-hydrogen) atoms. The molecule has 0 N–H and O–H groups in total. The van der Waals surface area contributed by atoms with Crippen LogP contribution in [0.25, 0.3) is 0 Å². The average molecular weight is 302 g/mol. The predicted octanol–water partition coefficient (Wildman–Crippen LogP) is 5.27. The quantitative estimate of drug-likeness (QED) is 0.600. The van der Waals surface area contributed by atoms with Crippen LogP contribution in [0.2, 0.25) is 0 Å². The van der Waals surface area contributed by atoms with Gasteiger partial charge in [0, 0.05) is 11.1 Å². The van der Waals surface area contributed by atoms with E-state index in [4.69, 9.17) is 4.74 Å². The zero-order valence-corrected chi connectivity index (χ0v) is 13.0. The molecule has 0 aliphatic carbocycles. The number of carbonyl (C=O) groups excluding carboxylic acids is 1. The summed E-state index contributed by atoms with van der Waals surface area (Å²) in [6.45, 7) is 2.06. The number of carbonyl (C=O) groups is 1. The largest absolute Gasteiger partial charge is 0.457 e. The topological polar surface area (TPSA) is 26.3 Å². The number of aryl methyl sites for hydroxylation is 1. The lowest BCUT2D eigenvalue weighted by Gasteiger charge is -2.08. The molecule has 3 aromatic carbocycles. The monoisotopic (exact) mass is 302 g/mol. The van der Waals surface area contributed by atoms with Crippen molar-refractivity contribution in [3.8, 4) is 11.5 Å². The van der Waals surface area contributed by atoms with Crippen LogP contribution in [0.4, 0.5) is 0 Å². The molecule has 0 radical (unpaired) electrons. The standard InChI is InChI=1S/C21H18O2/c1-2-16-8-6-7-11-20(16)21(22)17-12-14-19(15-13-17)23-18-9-4-3-5-10-18/h3-15H,2H2,1H3. The third-order valence-corrected chi connectivity index (χ3v) is 3.74. The van der Waals surface area contributed by atoms with Crippen molar-refractivity contribution >= 4 is 5.78 Å². The normalized spacial score (nSPS) is 10.3. The van der Waals surface area contributed by atoms with Crippen molar-refractivity contribution in [1.82, 2.24) is 0 Å². The lowest BCUT2D eigenvalue weighted by Crippen LogP contribution is -2.04. The molecule has 3 aromatic rings. The average Bonchev–Trinajstić information content (AvgIpc) is 2.62. The Morgan fingerprint density at radius 1 is 0.783 bits per heavy atom. The van der Waals surface area contributed by atoms with Crippen molar-refractivity contribution in [3.05, 3.63) is 95.6 Å². The molecule has 0 saturated carbocycles. The Labute approximate surface area is 136 Å². The molecule has 0 fully saturated rings. The highest BCUT2D eigenvalue weighted by Gasteiger charge is 2.12. The van der Waals surface area contributed by atoms with E-state index >= 15 is 0 Å². The Morgan fingerprint density at radius 2 is 1.39 bits per heavy atom. The molecule has 0 saturated heterocycles. The summed E-state index contributed by atoms with van der Waals surface area (Å²) in [5.74, 6) is 1.55. The van der Waals surface area contributed by atoms with E-state index in [1.807, 2.05) is 78.9 Å². The van der Waals surface area contributed by atoms with E-state index in [0.29, 0.717) is 5.56 Å². The molecule has 0 aromatic heterocycles. The summed E-state index contributed by atoms with van der Waals surface area (Å²) in [5.41, 5.74) is 2.51. The Balaban J connectivity index is 1.80. The van der Waals surface area contributed by atoms with Crippen molar-refractivity contribution in [3.63, 3.8) is 0 Å². The van der Waals surface area contributed by atoms with E-state index in [0.717, 1.165) is 29.0 Å². The maximum absolute atomic E-state index is 12.7. The molecule has 0 aliphatic heterocycles. The summed E-state index contributed by atoms with van der Waals surface area (Å²) in [6, 6.07) is 24.6. The number of ether oxygens (including phenoxy) is 1. The molecule has 0 spiro atoms. The fourth-order valence-corrected chi connectivity index (χ4v) is 2.50. The first kappa shape index (κ1) is 15.0. The first-order chi connectivity index (χ1) is 11.3. The van der Waals surface area contributed by atoms with Gasteiger partial charge in [-0.05, 0) is 48.4 Å². The molecular formula is C21H18O2. The SMILES string of the molecule is CCc1ccccc1C(=O)c1ccc(Oc2ccccc2)cc1. The highest BCUT2D eigenvalue weighted by atomic mass is 16.5. The third kappa shape index (κ3) is 3.49. The van der Waals surface area contributed by atoms with Crippen molar-refractivity contribution in [2.75, 3.05) is 0 Å². The van der Waals surface area contributed by atoms with Gasteiger partial charge in [-0.15, -0.1) is 0 Å². The van der Waals surface area contributed by atoms with Gasteiger partial charge in [-0.2, -0.15) is 0 Å². The summed E-state index contributed by atoms with van der Waals surface area (Å²) in [4.78, 5) is 12.7. The molecule has 2 heteroatoms. The number of ketones is 1. The maximum atomic E-state index is 12.7. The van der Waals surface area contributed by atoms with E-state index in [9.17, 15) is 4.79 Å². The molecule has 0 atom stereocenters. The Bertz CT molecular complexity index is 790. The number of rotatable bonds is 5. The highest BCUT2D eigenvalue weighted by Crippen LogP contribution is 2.22. The smallest absolute Gasteiger partial charge is 0.193 e. The zero-order valence-electron chi connectivity index (χ0n) is 13.0. The highest BCUT2D eigenvalue weighted by molar-refractivity contribution is 6.09. The Kier molecular flexibility index (Phi) is 4.53. The van der Waals surface area contributed by atoms with Gasteiger partial charge >= 0.3 is 0 Å². The van der Waals surface area contributed by atoms with Gasteiger partial charge in [-0.25, -0.2) is 0 Å².